The lowest BCUT2D eigenvalue weighted by molar-refractivity contribution is 0.160. The van der Waals surface area contributed by atoms with Crippen molar-refractivity contribution in [3.8, 4) is 5.75 Å². The van der Waals surface area contributed by atoms with Crippen molar-refractivity contribution in [2.24, 2.45) is 0 Å². The molecule has 2 amide bonds. The Hall–Kier alpha value is -1.46. The van der Waals surface area contributed by atoms with Crippen molar-refractivity contribution in [2.75, 3.05) is 13.2 Å². The number of urea groups is 1. The molecule has 0 radical (unpaired) electrons. The summed E-state index contributed by atoms with van der Waals surface area (Å²) in [4.78, 5) is 11.7. The van der Waals surface area contributed by atoms with Crippen molar-refractivity contribution in [1.82, 2.24) is 10.6 Å². The average molecular weight is 313 g/mol. The number of fused-ring (bicyclic) bond motifs is 1. The van der Waals surface area contributed by atoms with E-state index < -0.39 is 0 Å². The highest BCUT2D eigenvalue weighted by atomic mass is 35.5. The Balaban J connectivity index is 1.82. The summed E-state index contributed by atoms with van der Waals surface area (Å²) in [5.74, 6) is 0.834. The van der Waals surface area contributed by atoms with Crippen molar-refractivity contribution in [2.45, 2.75) is 38.8 Å². The van der Waals surface area contributed by atoms with E-state index in [0.717, 1.165) is 23.3 Å². The van der Waals surface area contributed by atoms with Gasteiger partial charge in [-0.25, -0.2) is 4.79 Å². The van der Waals surface area contributed by atoms with Gasteiger partial charge in [-0.3, -0.25) is 0 Å². The standard InChI is InChI=1S/C15H21ClN2O3/c1-2-13(19)3-5-17-15(20)18-9-11-8-12(16)7-10-4-6-21-14(10)11/h7-8,13,19H,2-6,9H2,1H3,(H2,17,18,20)/t13-/m1/s1. The van der Waals surface area contributed by atoms with Gasteiger partial charge in [0, 0.05) is 30.1 Å². The number of benzene rings is 1. The van der Waals surface area contributed by atoms with E-state index in [9.17, 15) is 9.90 Å². The predicted octanol–water partition coefficient (Wildman–Crippen LogP) is 2.24. The smallest absolute Gasteiger partial charge is 0.315 e. The zero-order valence-corrected chi connectivity index (χ0v) is 12.9. The number of carbonyl (C=O) groups excluding carboxylic acids is 1. The van der Waals surface area contributed by atoms with Crippen molar-refractivity contribution < 1.29 is 14.6 Å². The molecular weight excluding hydrogens is 292 g/mol. The predicted molar refractivity (Wildman–Crippen MR) is 81.8 cm³/mol. The second kappa shape index (κ2) is 7.52. The molecule has 0 aliphatic carbocycles. The number of halogens is 1. The Morgan fingerprint density at radius 1 is 1.48 bits per heavy atom. The molecule has 0 aromatic heterocycles. The molecule has 6 heteroatoms. The Kier molecular flexibility index (Phi) is 5.70. The molecule has 3 N–H and O–H groups in total. The minimum Gasteiger partial charge on any atom is -0.493 e. The van der Waals surface area contributed by atoms with Crippen molar-refractivity contribution in [3.05, 3.63) is 28.3 Å². The second-order valence-electron chi connectivity index (χ2n) is 5.11. The maximum atomic E-state index is 11.7. The first-order valence-corrected chi connectivity index (χ1v) is 7.61. The van der Waals surface area contributed by atoms with Crippen LogP contribution in [0.1, 0.15) is 30.9 Å². The van der Waals surface area contributed by atoms with Crippen LogP contribution in [0.4, 0.5) is 4.79 Å². The minimum atomic E-state index is -0.366. The van der Waals surface area contributed by atoms with Crippen LogP contribution in [0.2, 0.25) is 5.02 Å². The molecule has 1 atom stereocenters. The lowest BCUT2D eigenvalue weighted by atomic mass is 10.1. The third-order valence-electron chi connectivity index (χ3n) is 3.50. The third kappa shape index (κ3) is 4.51. The van der Waals surface area contributed by atoms with Gasteiger partial charge in [-0.05, 0) is 30.5 Å². The molecule has 0 bridgehead atoms. The monoisotopic (exact) mass is 312 g/mol. The second-order valence-corrected chi connectivity index (χ2v) is 5.55. The van der Waals surface area contributed by atoms with E-state index in [1.807, 2.05) is 19.1 Å². The van der Waals surface area contributed by atoms with Gasteiger partial charge in [0.1, 0.15) is 5.75 Å². The summed E-state index contributed by atoms with van der Waals surface area (Å²) in [6.45, 7) is 3.38. The number of ether oxygens (including phenoxy) is 1. The zero-order valence-electron chi connectivity index (χ0n) is 12.1. The summed E-state index contributed by atoms with van der Waals surface area (Å²) in [7, 11) is 0. The Morgan fingerprint density at radius 3 is 3.05 bits per heavy atom. The lowest BCUT2D eigenvalue weighted by Crippen LogP contribution is -2.36. The van der Waals surface area contributed by atoms with Gasteiger partial charge in [0.05, 0.1) is 12.7 Å². The number of aliphatic hydroxyl groups excluding tert-OH is 1. The van der Waals surface area contributed by atoms with Crippen LogP contribution in [-0.4, -0.2) is 30.4 Å². The van der Waals surface area contributed by atoms with Gasteiger partial charge in [-0.15, -0.1) is 0 Å². The van der Waals surface area contributed by atoms with E-state index in [-0.39, 0.29) is 12.1 Å². The average Bonchev–Trinajstić information content (AvgIpc) is 2.92. The normalized spacial score (nSPS) is 14.2. The first-order valence-electron chi connectivity index (χ1n) is 7.24. The molecular formula is C15H21ClN2O3. The lowest BCUT2D eigenvalue weighted by Gasteiger charge is -2.12. The molecule has 0 fully saturated rings. The molecule has 21 heavy (non-hydrogen) atoms. The molecule has 0 saturated heterocycles. The highest BCUT2D eigenvalue weighted by Crippen LogP contribution is 2.32. The number of rotatable bonds is 6. The first-order chi connectivity index (χ1) is 10.1. The summed E-state index contributed by atoms with van der Waals surface area (Å²) < 4.78 is 5.58. The van der Waals surface area contributed by atoms with Crippen LogP contribution in [0.5, 0.6) is 5.75 Å². The first kappa shape index (κ1) is 15.9. The van der Waals surface area contributed by atoms with Gasteiger partial charge < -0.3 is 20.5 Å². The van der Waals surface area contributed by atoms with Crippen LogP contribution in [0.3, 0.4) is 0 Å². The maximum absolute atomic E-state index is 11.7. The third-order valence-corrected chi connectivity index (χ3v) is 3.72. The van der Waals surface area contributed by atoms with Gasteiger partial charge in [-0.1, -0.05) is 18.5 Å². The maximum Gasteiger partial charge on any atom is 0.315 e. The molecule has 1 aromatic rings. The summed E-state index contributed by atoms with van der Waals surface area (Å²) in [6.07, 6.45) is 1.73. The molecule has 116 valence electrons. The molecule has 0 unspecified atom stereocenters. The summed E-state index contributed by atoms with van der Waals surface area (Å²) in [6, 6.07) is 3.46. The molecule has 5 nitrogen and oxygen atoms in total. The number of aliphatic hydroxyl groups is 1. The van der Waals surface area contributed by atoms with Crippen LogP contribution in [-0.2, 0) is 13.0 Å². The fourth-order valence-corrected chi connectivity index (χ4v) is 2.54. The Bertz CT molecular complexity index is 508. The SMILES string of the molecule is CC[C@@H](O)CCNC(=O)NCc1cc(Cl)cc2c1OCC2. The van der Waals surface area contributed by atoms with Gasteiger partial charge in [-0.2, -0.15) is 0 Å². The molecule has 1 heterocycles. The fourth-order valence-electron chi connectivity index (χ4n) is 2.27. The summed E-state index contributed by atoms with van der Waals surface area (Å²) in [5, 5.41) is 15.6. The zero-order chi connectivity index (χ0) is 15.2. The number of hydrogen-bond acceptors (Lipinski definition) is 3. The van der Waals surface area contributed by atoms with Gasteiger partial charge in [0.2, 0.25) is 0 Å². The molecule has 1 aliphatic rings. The fraction of sp³-hybridized carbons (Fsp3) is 0.533. The van der Waals surface area contributed by atoms with E-state index in [1.165, 1.54) is 0 Å². The summed E-state index contributed by atoms with van der Waals surface area (Å²) in [5.41, 5.74) is 1.98. The van der Waals surface area contributed by atoms with Gasteiger partial charge in [0.15, 0.2) is 0 Å². The van der Waals surface area contributed by atoms with E-state index >= 15 is 0 Å². The number of amides is 2. The number of carbonyl (C=O) groups is 1. The Labute approximate surface area is 129 Å². The number of nitrogens with one attached hydrogen (secondary N) is 2. The van der Waals surface area contributed by atoms with E-state index in [0.29, 0.717) is 37.6 Å². The highest BCUT2D eigenvalue weighted by Gasteiger charge is 2.17. The molecule has 2 rings (SSSR count). The van der Waals surface area contributed by atoms with E-state index in [2.05, 4.69) is 10.6 Å². The van der Waals surface area contributed by atoms with Crippen molar-refractivity contribution >= 4 is 17.6 Å². The molecule has 0 spiro atoms. The molecule has 1 aliphatic heterocycles. The Morgan fingerprint density at radius 2 is 2.29 bits per heavy atom. The topological polar surface area (TPSA) is 70.6 Å². The minimum absolute atomic E-state index is 0.259. The van der Waals surface area contributed by atoms with Crippen LogP contribution in [0.25, 0.3) is 0 Å². The van der Waals surface area contributed by atoms with Crippen LogP contribution < -0.4 is 15.4 Å². The molecule has 0 saturated carbocycles. The van der Waals surface area contributed by atoms with Crippen LogP contribution in [0.15, 0.2) is 12.1 Å². The number of hydrogen-bond donors (Lipinski definition) is 3. The van der Waals surface area contributed by atoms with Crippen molar-refractivity contribution in [3.63, 3.8) is 0 Å². The van der Waals surface area contributed by atoms with E-state index in [1.54, 1.807) is 0 Å². The largest absolute Gasteiger partial charge is 0.493 e. The van der Waals surface area contributed by atoms with Gasteiger partial charge >= 0.3 is 6.03 Å². The molecule has 1 aromatic carbocycles. The highest BCUT2D eigenvalue weighted by molar-refractivity contribution is 6.30. The summed E-state index contributed by atoms with van der Waals surface area (Å²) >= 11 is 6.07. The van der Waals surface area contributed by atoms with Crippen LogP contribution in [0, 0.1) is 0 Å². The van der Waals surface area contributed by atoms with Crippen molar-refractivity contribution in [1.29, 1.82) is 0 Å². The van der Waals surface area contributed by atoms with E-state index in [4.69, 9.17) is 16.3 Å². The van der Waals surface area contributed by atoms with Gasteiger partial charge in [0.25, 0.3) is 0 Å². The van der Waals surface area contributed by atoms with Crippen LogP contribution >= 0.6 is 11.6 Å². The quantitative estimate of drug-likeness (QED) is 0.754.